The first-order valence-corrected chi connectivity index (χ1v) is 24.5. The highest BCUT2D eigenvalue weighted by atomic mass is 16.8. The van der Waals surface area contributed by atoms with Crippen molar-refractivity contribution in [3.63, 3.8) is 0 Å². The van der Waals surface area contributed by atoms with Gasteiger partial charge in [-0.2, -0.15) is 0 Å². The number of aliphatic hydroxyl groups is 11. The summed E-state index contributed by atoms with van der Waals surface area (Å²) in [6, 6.07) is 0. The van der Waals surface area contributed by atoms with E-state index in [1.54, 1.807) is 0 Å². The van der Waals surface area contributed by atoms with Gasteiger partial charge in [0.1, 0.15) is 73.4 Å². The van der Waals surface area contributed by atoms with Crippen LogP contribution in [0.15, 0.2) is 12.2 Å². The third-order valence-electron chi connectivity index (χ3n) is 20.1. The van der Waals surface area contributed by atoms with E-state index in [4.69, 9.17) is 33.2 Å². The van der Waals surface area contributed by atoms with Crippen molar-refractivity contribution in [3.05, 3.63) is 12.2 Å². The maximum Gasteiger partial charge on any atom is 0.187 e. The van der Waals surface area contributed by atoms with Gasteiger partial charge in [-0.15, -0.1) is 0 Å². The minimum absolute atomic E-state index is 0.00849. The molecule has 382 valence electrons. The summed E-state index contributed by atoms with van der Waals surface area (Å²) in [6.45, 7) is 11.1. The molecular formula is C48H76O19. The van der Waals surface area contributed by atoms with E-state index in [-0.39, 0.29) is 29.8 Å². The molecule has 1 spiro atoms. The lowest BCUT2D eigenvalue weighted by atomic mass is 9.32. The van der Waals surface area contributed by atoms with Crippen molar-refractivity contribution >= 4 is 6.29 Å². The number of hydrogen-bond acceptors (Lipinski definition) is 19. The number of carbonyl (C=O) groups is 1. The molecule has 0 aromatic carbocycles. The highest BCUT2D eigenvalue weighted by molar-refractivity contribution is 5.59. The molecule has 5 aliphatic carbocycles. The zero-order chi connectivity index (χ0) is 48.6. The fraction of sp³-hybridized carbons (Fsp3) is 0.938. The fourth-order valence-electron chi connectivity index (χ4n) is 15.7. The van der Waals surface area contributed by atoms with Crippen LogP contribution in [0.5, 0.6) is 0 Å². The first-order chi connectivity index (χ1) is 31.5. The van der Waals surface area contributed by atoms with E-state index in [1.165, 1.54) is 6.92 Å². The van der Waals surface area contributed by atoms with E-state index < -0.39 is 150 Å². The highest BCUT2D eigenvalue weighted by Gasteiger charge is 2.79. The van der Waals surface area contributed by atoms with Crippen molar-refractivity contribution in [1.29, 1.82) is 0 Å². The summed E-state index contributed by atoms with van der Waals surface area (Å²) in [6.07, 6.45) is -14.9. The number of carbonyl (C=O) groups excluding carboxylic acids is 1. The predicted molar refractivity (Wildman–Crippen MR) is 230 cm³/mol. The van der Waals surface area contributed by atoms with E-state index in [0.717, 1.165) is 19.1 Å². The Balaban J connectivity index is 1.03. The number of ether oxygens (including phenoxy) is 7. The lowest BCUT2D eigenvalue weighted by Gasteiger charge is -2.73. The van der Waals surface area contributed by atoms with Gasteiger partial charge in [-0.1, -0.05) is 46.8 Å². The zero-order valence-corrected chi connectivity index (χ0v) is 39.4. The molecule has 67 heavy (non-hydrogen) atoms. The topological polar surface area (TPSA) is 304 Å². The Hall–Kier alpha value is -1.31. The van der Waals surface area contributed by atoms with Crippen LogP contribution in [0.25, 0.3) is 0 Å². The van der Waals surface area contributed by atoms with E-state index in [1.807, 2.05) is 13.8 Å². The highest BCUT2D eigenvalue weighted by Crippen LogP contribution is 2.79. The molecule has 0 amide bonds. The van der Waals surface area contributed by atoms with Gasteiger partial charge >= 0.3 is 0 Å². The number of aliphatic hydroxyl groups excluding tert-OH is 11. The van der Waals surface area contributed by atoms with Crippen LogP contribution in [0.3, 0.4) is 0 Å². The Morgan fingerprint density at radius 1 is 0.657 bits per heavy atom. The first-order valence-electron chi connectivity index (χ1n) is 24.5. The summed E-state index contributed by atoms with van der Waals surface area (Å²) in [5, 5.41) is 120. The van der Waals surface area contributed by atoms with Crippen molar-refractivity contribution < 1.29 is 94.1 Å². The van der Waals surface area contributed by atoms with Crippen LogP contribution in [0, 0.1) is 50.2 Å². The number of hydrogen-bond donors (Lipinski definition) is 11. The molecule has 4 saturated heterocycles. The summed E-state index contributed by atoms with van der Waals surface area (Å²) in [4.78, 5) is 12.5. The standard InChI is InChI=1S/C48H76O19/c1-22-30(54)37(66-39-35(59)33(57)31(55)23(17-49)63-39)38(67-40-36(60)34(58)32(56)24(18-50)64-40)41(62-22)65-29-9-10-43(3)25(44(29,4)20-52)7-11-45(5)26(43)8-12-48-27-15-42(2,19-51)13-14-47(27,21-61-48)28(53)16-46(45,48)6/h8,12,19,22-41,49-50,52-60H,7,9-11,13-18,20-21H2,1-6H3/t22-,23-,24-,25-,26-,27-,28+,29+,30+,31-,32-,33+,34+,35-,36-,37+,38-,39+,40+,41+,42+,43+,44+,45-,46+,47-,48+/m1/s1. The molecule has 19 heteroatoms. The van der Waals surface area contributed by atoms with Crippen molar-refractivity contribution in [2.75, 3.05) is 26.4 Å². The van der Waals surface area contributed by atoms with Gasteiger partial charge in [0.2, 0.25) is 0 Å². The van der Waals surface area contributed by atoms with Gasteiger partial charge in [0.25, 0.3) is 0 Å². The maximum absolute atomic E-state index is 12.5. The Bertz CT molecular complexity index is 1860. The second-order valence-corrected chi connectivity index (χ2v) is 23.4. The number of aldehydes is 1. The van der Waals surface area contributed by atoms with Crippen LogP contribution in [0.4, 0.5) is 0 Å². The molecule has 9 aliphatic rings. The first kappa shape index (κ1) is 50.6. The summed E-state index contributed by atoms with van der Waals surface area (Å²) in [5.74, 6) is -0.176. The zero-order valence-electron chi connectivity index (χ0n) is 39.4. The minimum atomic E-state index is -1.90. The monoisotopic (exact) mass is 956 g/mol. The molecule has 19 nitrogen and oxygen atoms in total. The summed E-state index contributed by atoms with van der Waals surface area (Å²) in [7, 11) is 0. The van der Waals surface area contributed by atoms with Crippen LogP contribution in [0.1, 0.15) is 92.9 Å². The van der Waals surface area contributed by atoms with E-state index in [2.05, 4.69) is 32.9 Å². The minimum Gasteiger partial charge on any atom is -0.396 e. The van der Waals surface area contributed by atoms with Crippen molar-refractivity contribution in [3.8, 4) is 0 Å². The summed E-state index contributed by atoms with van der Waals surface area (Å²) in [5.41, 5.74) is -3.78. The SMILES string of the molecule is C[C@H]1O[C@@H](O[C@H]2CC[C@@]3(C)[C@@H](CC[C@]4(C)[C@@H]3C=C[C@]35OC[C@@]6(CC[C@](C)(C=O)C[C@H]63)[C@@H](O)C[C@]54C)[C@]2(C)CO)[C@H](O[C@@H]2O[C@H](CO)[C@@H](O)[C@H](O)[C@H]2O)[C@@H](O[C@@H]2O[C@H](CO)[C@@H](O)[C@H](O)[C@H]2O)[C@H]1O. The van der Waals surface area contributed by atoms with Crippen molar-refractivity contribution in [2.24, 2.45) is 50.2 Å². The van der Waals surface area contributed by atoms with Crippen LogP contribution >= 0.6 is 0 Å². The quantitative estimate of drug-likeness (QED) is 0.0695. The van der Waals surface area contributed by atoms with Gasteiger partial charge < -0.3 is 94.1 Å². The second-order valence-electron chi connectivity index (χ2n) is 23.4. The van der Waals surface area contributed by atoms with Crippen molar-refractivity contribution in [2.45, 2.75) is 203 Å². The number of rotatable bonds is 10. The molecule has 8 fully saturated rings. The molecule has 4 heterocycles. The molecule has 2 bridgehead atoms. The van der Waals surface area contributed by atoms with Crippen molar-refractivity contribution in [1.82, 2.24) is 0 Å². The van der Waals surface area contributed by atoms with Crippen LogP contribution in [-0.4, -0.2) is 199 Å². The second kappa shape index (κ2) is 17.4. The number of fused-ring (bicyclic) bond motifs is 4. The van der Waals surface area contributed by atoms with Crippen LogP contribution < -0.4 is 0 Å². The fourth-order valence-corrected chi connectivity index (χ4v) is 15.7. The molecule has 0 unspecified atom stereocenters. The third kappa shape index (κ3) is 7.14. The number of allylic oxidation sites excluding steroid dienone is 1. The maximum atomic E-state index is 12.5. The lowest BCUT2D eigenvalue weighted by Crippen LogP contribution is -2.73. The molecule has 11 N–H and O–H groups in total. The van der Waals surface area contributed by atoms with E-state index >= 15 is 0 Å². The summed E-state index contributed by atoms with van der Waals surface area (Å²) < 4.78 is 44.2. The Kier molecular flexibility index (Phi) is 13.2. The molecular weight excluding hydrogens is 881 g/mol. The average Bonchev–Trinajstić information content (AvgIpc) is 3.58. The average molecular weight is 957 g/mol. The summed E-state index contributed by atoms with van der Waals surface area (Å²) >= 11 is 0. The molecule has 4 aliphatic heterocycles. The van der Waals surface area contributed by atoms with Gasteiger partial charge in [-0.05, 0) is 81.0 Å². The van der Waals surface area contributed by atoms with Crippen LogP contribution in [-0.2, 0) is 38.0 Å². The van der Waals surface area contributed by atoms with Crippen LogP contribution in [0.2, 0.25) is 0 Å². The van der Waals surface area contributed by atoms with E-state index in [0.29, 0.717) is 45.1 Å². The normalized spacial score (nSPS) is 59.4. The molecule has 9 rings (SSSR count). The molecule has 4 saturated carbocycles. The molecule has 27 atom stereocenters. The van der Waals surface area contributed by atoms with Gasteiger partial charge in [0.05, 0.1) is 50.3 Å². The third-order valence-corrected chi connectivity index (χ3v) is 20.1. The van der Waals surface area contributed by atoms with Gasteiger partial charge in [0.15, 0.2) is 18.9 Å². The Morgan fingerprint density at radius 2 is 1.27 bits per heavy atom. The van der Waals surface area contributed by atoms with E-state index in [9.17, 15) is 61.0 Å². The van der Waals surface area contributed by atoms with Gasteiger partial charge in [-0.25, -0.2) is 0 Å². The van der Waals surface area contributed by atoms with Gasteiger partial charge in [0, 0.05) is 27.6 Å². The van der Waals surface area contributed by atoms with Gasteiger partial charge in [-0.3, -0.25) is 0 Å². The molecule has 0 radical (unpaired) electrons. The predicted octanol–water partition coefficient (Wildman–Crippen LogP) is -1.22. The molecule has 0 aromatic heterocycles. The smallest absolute Gasteiger partial charge is 0.187 e. The lowest BCUT2D eigenvalue weighted by molar-refractivity contribution is -0.398. The molecule has 0 aromatic rings. The Morgan fingerprint density at radius 3 is 1.85 bits per heavy atom. The largest absolute Gasteiger partial charge is 0.396 e. The Labute approximate surface area is 391 Å².